The fourth-order valence-electron chi connectivity index (χ4n) is 6.69. The maximum Gasteiger partial charge on any atom is 0.240 e. The van der Waals surface area contributed by atoms with Crippen LogP contribution in [0.1, 0.15) is 68.1 Å². The van der Waals surface area contributed by atoms with Gasteiger partial charge in [-0.25, -0.2) is 0 Å². The fourth-order valence-corrected chi connectivity index (χ4v) is 6.69. The molecule has 5 atom stereocenters. The molecule has 2 saturated carbocycles. The van der Waals surface area contributed by atoms with Gasteiger partial charge in [0, 0.05) is 38.3 Å². The molecule has 178 valence electrons. The lowest BCUT2D eigenvalue weighted by atomic mass is 9.78. The van der Waals surface area contributed by atoms with E-state index in [-0.39, 0.29) is 0 Å². The normalized spacial score (nSPS) is 33.5. The molecule has 0 aromatic carbocycles. The van der Waals surface area contributed by atoms with Crippen molar-refractivity contribution in [3.8, 4) is 0 Å². The molecule has 4 heterocycles. The number of piperazine rings is 1. The van der Waals surface area contributed by atoms with Crippen LogP contribution in [0.15, 0.2) is 32.5 Å². The average Bonchev–Trinajstić information content (AvgIpc) is 3.61. The van der Waals surface area contributed by atoms with Gasteiger partial charge in [-0.2, -0.15) is 4.98 Å². The minimum absolute atomic E-state index is 0.455. The Morgan fingerprint density at radius 3 is 2.70 bits per heavy atom. The molecule has 5 unspecified atom stereocenters. The Hall–Kier alpha value is -2.19. The monoisotopic (exact) mass is 452 g/mol. The Balaban J connectivity index is 1.02. The zero-order valence-electron chi connectivity index (χ0n) is 19.7. The highest BCUT2D eigenvalue weighted by Gasteiger charge is 2.41. The Kier molecular flexibility index (Phi) is 5.96. The number of fused-ring (bicyclic) bond motifs is 1. The standard InChI is InChI=1S/C25H36N6O2/c1-18-27-25(33-28-18)15-29-8-10-30(11-9-29)21-3-2-4-22(14-21)31-17-26-23-13-19(5-6-24(23)31)20-7-12-32-16-20/h7,12,16-17,19,21-24H,2-6,8-11,13-15H2,1H3. The molecule has 6 rings (SSSR count). The van der Waals surface area contributed by atoms with Gasteiger partial charge >= 0.3 is 0 Å². The molecule has 2 aromatic heterocycles. The molecule has 8 heteroatoms. The molecule has 0 bridgehead atoms. The van der Waals surface area contributed by atoms with Gasteiger partial charge in [-0.05, 0) is 69.4 Å². The van der Waals surface area contributed by atoms with Crippen molar-refractivity contribution in [3.05, 3.63) is 35.9 Å². The summed E-state index contributed by atoms with van der Waals surface area (Å²) in [5.74, 6) is 2.07. The van der Waals surface area contributed by atoms with Crippen LogP contribution in [0.4, 0.5) is 0 Å². The van der Waals surface area contributed by atoms with E-state index in [1.807, 2.05) is 13.2 Å². The first-order chi connectivity index (χ1) is 16.2. The highest BCUT2D eigenvalue weighted by atomic mass is 16.5. The number of rotatable bonds is 5. The number of furan rings is 1. The summed E-state index contributed by atoms with van der Waals surface area (Å²) in [7, 11) is 0. The van der Waals surface area contributed by atoms with Gasteiger partial charge in [0.15, 0.2) is 5.82 Å². The Bertz CT molecular complexity index is 935. The van der Waals surface area contributed by atoms with E-state index in [1.54, 1.807) is 6.26 Å². The highest BCUT2D eigenvalue weighted by molar-refractivity contribution is 5.60. The third-order valence-electron chi connectivity index (χ3n) is 8.46. The molecular formula is C25H36N6O2. The third-order valence-corrected chi connectivity index (χ3v) is 8.46. The lowest BCUT2D eigenvalue weighted by molar-refractivity contribution is 0.0483. The smallest absolute Gasteiger partial charge is 0.240 e. The predicted molar refractivity (Wildman–Crippen MR) is 125 cm³/mol. The summed E-state index contributed by atoms with van der Waals surface area (Å²) in [6.45, 7) is 7.08. The topological polar surface area (TPSA) is 74.1 Å². The molecule has 3 fully saturated rings. The van der Waals surface area contributed by atoms with E-state index in [0.29, 0.717) is 30.1 Å². The van der Waals surface area contributed by atoms with Crippen molar-refractivity contribution in [2.24, 2.45) is 4.99 Å². The van der Waals surface area contributed by atoms with Crippen molar-refractivity contribution < 1.29 is 8.94 Å². The Labute approximate surface area is 196 Å². The fraction of sp³-hybridized carbons (Fsp3) is 0.720. The van der Waals surface area contributed by atoms with Gasteiger partial charge in [0.2, 0.25) is 5.89 Å². The van der Waals surface area contributed by atoms with Crippen molar-refractivity contribution >= 4 is 6.34 Å². The van der Waals surface area contributed by atoms with E-state index in [0.717, 1.165) is 50.9 Å². The molecular weight excluding hydrogens is 416 g/mol. The maximum absolute atomic E-state index is 5.33. The maximum atomic E-state index is 5.33. The van der Waals surface area contributed by atoms with Gasteiger partial charge < -0.3 is 13.8 Å². The van der Waals surface area contributed by atoms with E-state index < -0.39 is 0 Å². The quantitative estimate of drug-likeness (QED) is 0.688. The first-order valence-electron chi connectivity index (χ1n) is 12.8. The molecule has 0 N–H and O–H groups in total. The Morgan fingerprint density at radius 2 is 1.91 bits per heavy atom. The molecule has 1 saturated heterocycles. The lowest BCUT2D eigenvalue weighted by Crippen LogP contribution is -2.54. The van der Waals surface area contributed by atoms with Crippen molar-refractivity contribution in [2.45, 2.75) is 88.5 Å². The van der Waals surface area contributed by atoms with Crippen molar-refractivity contribution in [1.29, 1.82) is 0 Å². The molecule has 2 aromatic rings. The van der Waals surface area contributed by atoms with E-state index in [9.17, 15) is 0 Å². The van der Waals surface area contributed by atoms with Crippen LogP contribution in [-0.4, -0.2) is 81.5 Å². The summed E-state index contributed by atoms with van der Waals surface area (Å²) < 4.78 is 10.6. The summed E-state index contributed by atoms with van der Waals surface area (Å²) in [5, 5.41) is 3.92. The molecule has 0 amide bonds. The zero-order chi connectivity index (χ0) is 22.2. The number of hydrogen-bond acceptors (Lipinski definition) is 8. The van der Waals surface area contributed by atoms with Crippen LogP contribution in [0.25, 0.3) is 0 Å². The second-order valence-corrected chi connectivity index (χ2v) is 10.4. The second kappa shape index (κ2) is 9.22. The van der Waals surface area contributed by atoms with E-state index in [2.05, 4.69) is 37.2 Å². The van der Waals surface area contributed by atoms with Crippen molar-refractivity contribution in [2.75, 3.05) is 26.2 Å². The second-order valence-electron chi connectivity index (χ2n) is 10.4. The number of nitrogens with zero attached hydrogens (tertiary/aromatic N) is 6. The van der Waals surface area contributed by atoms with Crippen LogP contribution in [0.2, 0.25) is 0 Å². The van der Waals surface area contributed by atoms with Gasteiger partial charge in [0.1, 0.15) is 0 Å². The molecule has 2 aliphatic carbocycles. The van der Waals surface area contributed by atoms with E-state index in [4.69, 9.17) is 13.9 Å². The van der Waals surface area contributed by atoms with Crippen LogP contribution in [0, 0.1) is 6.92 Å². The van der Waals surface area contributed by atoms with Crippen LogP contribution in [0.3, 0.4) is 0 Å². The first-order valence-corrected chi connectivity index (χ1v) is 12.8. The SMILES string of the molecule is Cc1noc(CN2CCN(C3CCCC(N4C=NC5CC(c6ccoc6)CCC54)C3)CC2)n1. The van der Waals surface area contributed by atoms with Crippen molar-refractivity contribution in [1.82, 2.24) is 24.8 Å². The number of aryl methyl sites for hydroxylation is 1. The molecule has 2 aliphatic heterocycles. The number of aliphatic imine (C=N–C) groups is 1. The van der Waals surface area contributed by atoms with Crippen LogP contribution < -0.4 is 0 Å². The summed E-state index contributed by atoms with van der Waals surface area (Å²) in [6, 6.07) is 4.54. The van der Waals surface area contributed by atoms with E-state index >= 15 is 0 Å². The van der Waals surface area contributed by atoms with Crippen LogP contribution in [-0.2, 0) is 6.54 Å². The Morgan fingerprint density at radius 1 is 1.03 bits per heavy atom. The summed E-state index contributed by atoms with van der Waals surface area (Å²) in [5.41, 5.74) is 1.35. The average molecular weight is 453 g/mol. The number of aromatic nitrogens is 2. The zero-order valence-corrected chi connectivity index (χ0v) is 19.7. The molecule has 0 spiro atoms. The highest BCUT2D eigenvalue weighted by Crippen LogP contribution is 2.40. The molecule has 0 radical (unpaired) electrons. The van der Waals surface area contributed by atoms with Crippen LogP contribution >= 0.6 is 0 Å². The first kappa shape index (κ1) is 21.4. The van der Waals surface area contributed by atoms with Crippen molar-refractivity contribution in [3.63, 3.8) is 0 Å². The third kappa shape index (κ3) is 4.47. The molecule has 4 aliphatic rings. The molecule has 33 heavy (non-hydrogen) atoms. The summed E-state index contributed by atoms with van der Waals surface area (Å²) in [4.78, 5) is 17.2. The lowest BCUT2D eigenvalue weighted by Gasteiger charge is -2.46. The summed E-state index contributed by atoms with van der Waals surface area (Å²) in [6.07, 6.45) is 14.9. The largest absolute Gasteiger partial charge is 0.472 e. The van der Waals surface area contributed by atoms with Gasteiger partial charge in [-0.3, -0.25) is 14.8 Å². The van der Waals surface area contributed by atoms with Gasteiger partial charge in [0.25, 0.3) is 0 Å². The van der Waals surface area contributed by atoms with Gasteiger partial charge in [0.05, 0.1) is 37.5 Å². The minimum Gasteiger partial charge on any atom is -0.472 e. The van der Waals surface area contributed by atoms with Crippen LogP contribution in [0.5, 0.6) is 0 Å². The van der Waals surface area contributed by atoms with E-state index in [1.165, 1.54) is 44.1 Å². The summed E-state index contributed by atoms with van der Waals surface area (Å²) >= 11 is 0. The van der Waals surface area contributed by atoms with Gasteiger partial charge in [-0.1, -0.05) is 5.16 Å². The number of hydrogen-bond donors (Lipinski definition) is 0. The molecule has 8 nitrogen and oxygen atoms in total. The minimum atomic E-state index is 0.455. The van der Waals surface area contributed by atoms with Gasteiger partial charge in [-0.15, -0.1) is 0 Å². The predicted octanol–water partition coefficient (Wildman–Crippen LogP) is 3.45.